The number of carbonyl (C=O) groups excluding carboxylic acids is 2. The minimum Gasteiger partial charge on any atom is -0.467 e. The number of methoxy groups -OCH3 is 1. The van der Waals surface area contributed by atoms with E-state index in [9.17, 15) is 14.7 Å². The lowest BCUT2D eigenvalue weighted by Gasteiger charge is -2.09. The van der Waals surface area contributed by atoms with Gasteiger partial charge in [0.2, 0.25) is 5.91 Å². The van der Waals surface area contributed by atoms with Crippen molar-refractivity contribution in [1.82, 2.24) is 5.32 Å². The van der Waals surface area contributed by atoms with Gasteiger partial charge in [-0.1, -0.05) is 11.6 Å². The molecule has 1 atom stereocenters. The van der Waals surface area contributed by atoms with Crippen LogP contribution in [0.15, 0.2) is 29.2 Å². The summed E-state index contributed by atoms with van der Waals surface area (Å²) in [7, 11) is 1.18. The number of hydrogen-bond acceptors (Lipinski definition) is 5. The number of ether oxygens (including phenoxy) is 1. The quantitative estimate of drug-likeness (QED) is 0.588. The summed E-state index contributed by atoms with van der Waals surface area (Å²) in [4.78, 5) is 23.4. The van der Waals surface area contributed by atoms with E-state index in [-0.39, 0.29) is 12.5 Å². The average molecular weight is 318 g/mol. The predicted octanol–water partition coefficient (Wildman–Crippen LogP) is 1.47. The highest BCUT2D eigenvalue weighted by Gasteiger charge is 2.15. The normalized spacial score (nSPS) is 11.8. The number of aliphatic hydroxyl groups excluding tert-OH is 1. The van der Waals surface area contributed by atoms with Gasteiger partial charge in [0.15, 0.2) is 6.10 Å². The third kappa shape index (κ3) is 6.27. The van der Waals surface area contributed by atoms with Crippen LogP contribution in [0.5, 0.6) is 0 Å². The molecule has 0 heterocycles. The van der Waals surface area contributed by atoms with E-state index in [1.807, 2.05) is 12.1 Å². The standard InChI is InChI=1S/C13H16ClNO4S/c1-19-13(18)11(16)8-15-12(17)6-7-20-10-4-2-9(14)3-5-10/h2-5,11,16H,6-8H2,1H3,(H,15,17). The van der Waals surface area contributed by atoms with E-state index in [2.05, 4.69) is 10.1 Å². The zero-order valence-electron chi connectivity index (χ0n) is 11.0. The van der Waals surface area contributed by atoms with Crippen molar-refractivity contribution >= 4 is 35.2 Å². The van der Waals surface area contributed by atoms with Crippen LogP contribution in [-0.2, 0) is 14.3 Å². The van der Waals surface area contributed by atoms with Gasteiger partial charge >= 0.3 is 5.97 Å². The second-order valence-electron chi connectivity index (χ2n) is 3.90. The number of nitrogens with one attached hydrogen (secondary N) is 1. The minimum absolute atomic E-state index is 0.142. The van der Waals surface area contributed by atoms with Gasteiger partial charge in [0, 0.05) is 22.1 Å². The number of thioether (sulfide) groups is 1. The first-order chi connectivity index (χ1) is 9.52. The summed E-state index contributed by atoms with van der Waals surface area (Å²) in [6, 6.07) is 7.34. The lowest BCUT2D eigenvalue weighted by atomic mass is 10.3. The molecule has 20 heavy (non-hydrogen) atoms. The third-order valence-corrected chi connectivity index (χ3v) is 3.64. The Morgan fingerprint density at radius 2 is 2.05 bits per heavy atom. The van der Waals surface area contributed by atoms with E-state index >= 15 is 0 Å². The fourth-order valence-corrected chi connectivity index (χ4v) is 2.29. The molecule has 0 bridgehead atoms. The van der Waals surface area contributed by atoms with Crippen molar-refractivity contribution in [2.24, 2.45) is 0 Å². The molecule has 7 heteroatoms. The first-order valence-electron chi connectivity index (χ1n) is 5.94. The molecule has 1 rings (SSSR count). The van der Waals surface area contributed by atoms with E-state index in [4.69, 9.17) is 11.6 Å². The number of hydrogen-bond donors (Lipinski definition) is 2. The highest BCUT2D eigenvalue weighted by Crippen LogP contribution is 2.20. The molecule has 0 radical (unpaired) electrons. The zero-order valence-corrected chi connectivity index (χ0v) is 12.5. The first-order valence-corrected chi connectivity index (χ1v) is 7.30. The summed E-state index contributed by atoms with van der Waals surface area (Å²) < 4.78 is 4.34. The number of aliphatic hydroxyl groups is 1. The lowest BCUT2D eigenvalue weighted by Crippen LogP contribution is -2.37. The van der Waals surface area contributed by atoms with E-state index in [0.29, 0.717) is 17.2 Å². The van der Waals surface area contributed by atoms with E-state index in [0.717, 1.165) is 4.90 Å². The molecule has 2 N–H and O–H groups in total. The largest absolute Gasteiger partial charge is 0.467 e. The number of esters is 1. The molecule has 0 fully saturated rings. The van der Waals surface area contributed by atoms with E-state index in [1.54, 1.807) is 12.1 Å². The molecule has 0 aromatic heterocycles. The van der Waals surface area contributed by atoms with Crippen LogP contribution in [0.2, 0.25) is 5.02 Å². The highest BCUT2D eigenvalue weighted by atomic mass is 35.5. The Hall–Kier alpha value is -1.24. The van der Waals surface area contributed by atoms with Crippen LogP contribution in [0.25, 0.3) is 0 Å². The Balaban J connectivity index is 2.20. The monoisotopic (exact) mass is 317 g/mol. The molecular weight excluding hydrogens is 302 g/mol. The van der Waals surface area contributed by atoms with Crippen molar-refractivity contribution in [3.63, 3.8) is 0 Å². The molecule has 1 aromatic rings. The van der Waals surface area contributed by atoms with Gasteiger partial charge < -0.3 is 15.2 Å². The molecule has 5 nitrogen and oxygen atoms in total. The molecule has 0 saturated heterocycles. The Morgan fingerprint density at radius 3 is 2.65 bits per heavy atom. The first kappa shape index (κ1) is 16.8. The van der Waals surface area contributed by atoms with Crippen LogP contribution in [0.3, 0.4) is 0 Å². The van der Waals surface area contributed by atoms with Crippen molar-refractivity contribution in [3.05, 3.63) is 29.3 Å². The minimum atomic E-state index is -1.33. The van der Waals surface area contributed by atoms with Gasteiger partial charge in [0.25, 0.3) is 0 Å². The fourth-order valence-electron chi connectivity index (χ4n) is 1.31. The molecule has 0 saturated carbocycles. The number of carbonyl (C=O) groups is 2. The van der Waals surface area contributed by atoms with Gasteiger partial charge in [-0.15, -0.1) is 11.8 Å². The van der Waals surface area contributed by atoms with Crippen LogP contribution in [0.4, 0.5) is 0 Å². The molecule has 0 spiro atoms. The molecular formula is C13H16ClNO4S. The van der Waals surface area contributed by atoms with E-state index < -0.39 is 12.1 Å². The summed E-state index contributed by atoms with van der Waals surface area (Å²) >= 11 is 7.30. The molecule has 0 aliphatic rings. The van der Waals surface area contributed by atoms with Gasteiger partial charge in [-0.3, -0.25) is 4.79 Å². The van der Waals surface area contributed by atoms with Gasteiger partial charge in [-0.2, -0.15) is 0 Å². The van der Waals surface area contributed by atoms with Gasteiger partial charge in [0.1, 0.15) is 0 Å². The maximum atomic E-state index is 11.5. The molecule has 0 aliphatic heterocycles. The van der Waals surface area contributed by atoms with Crippen LogP contribution in [0, 0.1) is 0 Å². The summed E-state index contributed by atoms with van der Waals surface area (Å²) in [6.45, 7) is -0.142. The van der Waals surface area contributed by atoms with Gasteiger partial charge in [-0.05, 0) is 24.3 Å². The topological polar surface area (TPSA) is 75.6 Å². The molecule has 0 aliphatic carbocycles. The highest BCUT2D eigenvalue weighted by molar-refractivity contribution is 7.99. The van der Waals surface area contributed by atoms with Crippen LogP contribution < -0.4 is 5.32 Å². The summed E-state index contributed by atoms with van der Waals surface area (Å²) in [5.74, 6) is -0.392. The van der Waals surface area contributed by atoms with Crippen LogP contribution in [-0.4, -0.2) is 42.5 Å². The zero-order chi connectivity index (χ0) is 15.0. The second-order valence-corrected chi connectivity index (χ2v) is 5.50. The molecule has 110 valence electrons. The molecule has 1 amide bonds. The SMILES string of the molecule is COC(=O)C(O)CNC(=O)CCSc1ccc(Cl)cc1. The van der Waals surface area contributed by atoms with Crippen molar-refractivity contribution in [2.45, 2.75) is 17.4 Å². The maximum Gasteiger partial charge on any atom is 0.336 e. The van der Waals surface area contributed by atoms with Crippen LogP contribution in [0.1, 0.15) is 6.42 Å². The summed E-state index contributed by atoms with van der Waals surface area (Å²) in [5.41, 5.74) is 0. The second kappa shape index (κ2) is 8.84. The van der Waals surface area contributed by atoms with Crippen molar-refractivity contribution in [2.75, 3.05) is 19.4 Å². The number of amides is 1. The van der Waals surface area contributed by atoms with Crippen molar-refractivity contribution in [1.29, 1.82) is 0 Å². The predicted molar refractivity (Wildman–Crippen MR) is 77.8 cm³/mol. The Kier molecular flexibility index (Phi) is 7.43. The molecule has 1 unspecified atom stereocenters. The molecule has 1 aromatic carbocycles. The van der Waals surface area contributed by atoms with E-state index in [1.165, 1.54) is 18.9 Å². The Morgan fingerprint density at radius 1 is 1.40 bits per heavy atom. The number of rotatable bonds is 7. The van der Waals surface area contributed by atoms with Crippen molar-refractivity contribution < 1.29 is 19.4 Å². The number of halogens is 1. The fraction of sp³-hybridized carbons (Fsp3) is 0.385. The van der Waals surface area contributed by atoms with Crippen molar-refractivity contribution in [3.8, 4) is 0 Å². The smallest absolute Gasteiger partial charge is 0.336 e. The Labute approximate surface area is 126 Å². The number of benzene rings is 1. The Bertz CT molecular complexity index is 452. The average Bonchev–Trinajstić information content (AvgIpc) is 2.46. The third-order valence-electron chi connectivity index (χ3n) is 2.38. The maximum absolute atomic E-state index is 11.5. The lowest BCUT2D eigenvalue weighted by molar-refractivity contribution is -0.150. The summed E-state index contributed by atoms with van der Waals surface area (Å²) in [5, 5.41) is 12.4. The van der Waals surface area contributed by atoms with Crippen LogP contribution >= 0.6 is 23.4 Å². The summed E-state index contributed by atoms with van der Waals surface area (Å²) in [6.07, 6.45) is -1.03. The van der Waals surface area contributed by atoms with Gasteiger partial charge in [-0.25, -0.2) is 4.79 Å². The van der Waals surface area contributed by atoms with Gasteiger partial charge in [0.05, 0.1) is 13.7 Å².